The zero-order valence-electron chi connectivity index (χ0n) is 10.6. The lowest BCUT2D eigenvalue weighted by atomic mass is 9.89. The highest BCUT2D eigenvalue weighted by Gasteiger charge is 2.22. The molecular formula is C16H16FNO. The molecule has 98 valence electrons. The van der Waals surface area contributed by atoms with Crippen LogP contribution in [0.4, 0.5) is 4.39 Å². The standard InChI is InChI=1S/C16H16FNO/c17-13-5-6-15-12(10-13)9-11(7-8-18)14-3-1-2-4-16(14)19-15/h1-6,10-11H,7-9,18H2. The summed E-state index contributed by atoms with van der Waals surface area (Å²) in [6, 6.07) is 12.7. The zero-order chi connectivity index (χ0) is 13.2. The predicted octanol–water partition coefficient (Wildman–Crippen LogP) is 3.61. The van der Waals surface area contributed by atoms with Gasteiger partial charge in [-0.2, -0.15) is 0 Å². The van der Waals surface area contributed by atoms with E-state index in [2.05, 4.69) is 6.07 Å². The Labute approximate surface area is 112 Å². The number of nitrogens with two attached hydrogens (primary N) is 1. The summed E-state index contributed by atoms with van der Waals surface area (Å²) in [5.74, 6) is 1.66. The fourth-order valence-corrected chi connectivity index (χ4v) is 2.67. The van der Waals surface area contributed by atoms with Crippen LogP contribution in [-0.4, -0.2) is 6.54 Å². The van der Waals surface area contributed by atoms with Gasteiger partial charge in [0.15, 0.2) is 0 Å². The van der Waals surface area contributed by atoms with Crippen molar-refractivity contribution in [1.82, 2.24) is 0 Å². The average molecular weight is 257 g/mol. The first kappa shape index (κ1) is 12.2. The molecule has 0 aromatic heterocycles. The van der Waals surface area contributed by atoms with Crippen molar-refractivity contribution in [2.24, 2.45) is 5.73 Å². The molecule has 3 rings (SSSR count). The molecule has 1 aliphatic rings. The van der Waals surface area contributed by atoms with Crippen molar-refractivity contribution in [1.29, 1.82) is 0 Å². The molecule has 0 amide bonds. The first-order valence-corrected chi connectivity index (χ1v) is 6.53. The van der Waals surface area contributed by atoms with Crippen LogP contribution in [0, 0.1) is 5.82 Å². The Kier molecular flexibility index (Phi) is 3.22. The molecule has 3 heteroatoms. The van der Waals surface area contributed by atoms with E-state index in [9.17, 15) is 4.39 Å². The van der Waals surface area contributed by atoms with Gasteiger partial charge in [-0.05, 0) is 60.7 Å². The number of halogens is 1. The molecule has 2 aromatic carbocycles. The minimum absolute atomic E-state index is 0.222. The van der Waals surface area contributed by atoms with Crippen LogP contribution in [0.25, 0.3) is 0 Å². The summed E-state index contributed by atoms with van der Waals surface area (Å²) in [6.45, 7) is 0.615. The van der Waals surface area contributed by atoms with Gasteiger partial charge in [0.05, 0.1) is 0 Å². The molecule has 2 aromatic rings. The quantitative estimate of drug-likeness (QED) is 0.892. The maximum absolute atomic E-state index is 13.4. The lowest BCUT2D eigenvalue weighted by Gasteiger charge is -2.15. The molecule has 0 bridgehead atoms. The van der Waals surface area contributed by atoms with Crippen LogP contribution in [0.2, 0.25) is 0 Å². The van der Waals surface area contributed by atoms with Crippen molar-refractivity contribution >= 4 is 0 Å². The van der Waals surface area contributed by atoms with Gasteiger partial charge in [0.2, 0.25) is 0 Å². The molecule has 1 aliphatic heterocycles. The van der Waals surface area contributed by atoms with Gasteiger partial charge in [-0.1, -0.05) is 18.2 Å². The molecule has 0 aliphatic carbocycles. The number of hydrogen-bond donors (Lipinski definition) is 1. The maximum atomic E-state index is 13.4. The molecule has 2 nitrogen and oxygen atoms in total. The Morgan fingerprint density at radius 3 is 2.84 bits per heavy atom. The SMILES string of the molecule is NCCC1Cc2cc(F)ccc2Oc2ccccc21. The second-order valence-corrected chi connectivity index (χ2v) is 4.87. The fraction of sp³-hybridized carbons (Fsp3) is 0.250. The molecule has 19 heavy (non-hydrogen) atoms. The Balaban J connectivity index is 2.09. The Morgan fingerprint density at radius 1 is 1.16 bits per heavy atom. The lowest BCUT2D eigenvalue weighted by molar-refractivity contribution is 0.475. The summed E-state index contributed by atoms with van der Waals surface area (Å²) in [5, 5.41) is 0. The smallest absolute Gasteiger partial charge is 0.130 e. The van der Waals surface area contributed by atoms with Gasteiger partial charge in [0.25, 0.3) is 0 Å². The minimum Gasteiger partial charge on any atom is -0.457 e. The van der Waals surface area contributed by atoms with Crippen molar-refractivity contribution in [3.8, 4) is 11.5 Å². The van der Waals surface area contributed by atoms with Crippen molar-refractivity contribution in [2.75, 3.05) is 6.54 Å². The topological polar surface area (TPSA) is 35.2 Å². The van der Waals surface area contributed by atoms with E-state index < -0.39 is 0 Å². The van der Waals surface area contributed by atoms with Crippen LogP contribution in [0.15, 0.2) is 42.5 Å². The van der Waals surface area contributed by atoms with Crippen molar-refractivity contribution in [3.63, 3.8) is 0 Å². The molecule has 1 atom stereocenters. The van der Waals surface area contributed by atoms with Gasteiger partial charge in [-0.3, -0.25) is 0 Å². The summed E-state index contributed by atoms with van der Waals surface area (Å²) >= 11 is 0. The minimum atomic E-state index is -0.222. The van der Waals surface area contributed by atoms with Crippen LogP contribution < -0.4 is 10.5 Å². The second kappa shape index (κ2) is 5.02. The third-order valence-electron chi connectivity index (χ3n) is 3.58. The fourth-order valence-electron chi connectivity index (χ4n) is 2.67. The van der Waals surface area contributed by atoms with E-state index in [0.717, 1.165) is 35.5 Å². The van der Waals surface area contributed by atoms with E-state index in [1.54, 1.807) is 12.1 Å². The van der Waals surface area contributed by atoms with Crippen LogP contribution in [0.5, 0.6) is 11.5 Å². The molecule has 0 fully saturated rings. The number of hydrogen-bond acceptors (Lipinski definition) is 2. The molecule has 0 spiro atoms. The Bertz CT molecular complexity index is 597. The van der Waals surface area contributed by atoms with E-state index >= 15 is 0 Å². The van der Waals surface area contributed by atoms with Gasteiger partial charge in [0, 0.05) is 0 Å². The number of ether oxygens (including phenoxy) is 1. The molecular weight excluding hydrogens is 241 g/mol. The van der Waals surface area contributed by atoms with E-state index in [4.69, 9.17) is 10.5 Å². The van der Waals surface area contributed by atoms with Crippen LogP contribution in [-0.2, 0) is 6.42 Å². The van der Waals surface area contributed by atoms with Crippen molar-refractivity contribution < 1.29 is 9.13 Å². The van der Waals surface area contributed by atoms with Gasteiger partial charge in [-0.25, -0.2) is 4.39 Å². The van der Waals surface area contributed by atoms with Crippen molar-refractivity contribution in [3.05, 3.63) is 59.4 Å². The molecule has 0 radical (unpaired) electrons. The highest BCUT2D eigenvalue weighted by atomic mass is 19.1. The Hall–Kier alpha value is -1.87. The largest absolute Gasteiger partial charge is 0.457 e. The molecule has 1 unspecified atom stereocenters. The highest BCUT2D eigenvalue weighted by Crippen LogP contribution is 2.40. The number of benzene rings is 2. The third-order valence-corrected chi connectivity index (χ3v) is 3.58. The highest BCUT2D eigenvalue weighted by molar-refractivity contribution is 5.47. The Morgan fingerprint density at radius 2 is 2.00 bits per heavy atom. The molecule has 0 saturated heterocycles. The first-order chi connectivity index (χ1) is 9.28. The number of fused-ring (bicyclic) bond motifs is 2. The first-order valence-electron chi connectivity index (χ1n) is 6.53. The summed E-state index contributed by atoms with van der Waals surface area (Å²) in [5.41, 5.74) is 7.77. The van der Waals surface area contributed by atoms with Crippen molar-refractivity contribution in [2.45, 2.75) is 18.8 Å². The summed E-state index contributed by atoms with van der Waals surface area (Å²) < 4.78 is 19.3. The summed E-state index contributed by atoms with van der Waals surface area (Å²) in [7, 11) is 0. The van der Waals surface area contributed by atoms with E-state index in [1.807, 2.05) is 18.2 Å². The van der Waals surface area contributed by atoms with Gasteiger partial charge in [-0.15, -0.1) is 0 Å². The van der Waals surface area contributed by atoms with E-state index in [1.165, 1.54) is 6.07 Å². The van der Waals surface area contributed by atoms with Crippen LogP contribution in [0.1, 0.15) is 23.5 Å². The van der Waals surface area contributed by atoms with Gasteiger partial charge in [0.1, 0.15) is 17.3 Å². The van der Waals surface area contributed by atoms with E-state index in [0.29, 0.717) is 6.54 Å². The number of rotatable bonds is 2. The summed E-state index contributed by atoms with van der Waals surface area (Å²) in [4.78, 5) is 0. The third kappa shape index (κ3) is 2.34. The molecule has 2 N–H and O–H groups in total. The average Bonchev–Trinajstić information content (AvgIpc) is 2.56. The maximum Gasteiger partial charge on any atom is 0.130 e. The van der Waals surface area contributed by atoms with Gasteiger partial charge >= 0.3 is 0 Å². The van der Waals surface area contributed by atoms with Crippen LogP contribution in [0.3, 0.4) is 0 Å². The summed E-state index contributed by atoms with van der Waals surface area (Å²) in [6.07, 6.45) is 1.64. The second-order valence-electron chi connectivity index (χ2n) is 4.87. The lowest BCUT2D eigenvalue weighted by Crippen LogP contribution is -2.09. The zero-order valence-corrected chi connectivity index (χ0v) is 10.6. The normalized spacial score (nSPS) is 17.1. The van der Waals surface area contributed by atoms with Crippen LogP contribution >= 0.6 is 0 Å². The van der Waals surface area contributed by atoms with E-state index in [-0.39, 0.29) is 11.7 Å². The molecule has 0 saturated carbocycles. The number of para-hydroxylation sites is 1. The molecule has 1 heterocycles. The monoisotopic (exact) mass is 257 g/mol. The predicted molar refractivity (Wildman–Crippen MR) is 73.0 cm³/mol. The van der Waals surface area contributed by atoms with Gasteiger partial charge < -0.3 is 10.5 Å².